The second-order valence-corrected chi connectivity index (χ2v) is 4.28. The first-order valence-corrected chi connectivity index (χ1v) is 5.46. The molecule has 1 fully saturated rings. The molecule has 0 bridgehead atoms. The van der Waals surface area contributed by atoms with E-state index in [1.807, 2.05) is 0 Å². The van der Waals surface area contributed by atoms with E-state index in [-0.39, 0.29) is 5.92 Å². The lowest BCUT2D eigenvalue weighted by Crippen LogP contribution is -2.35. The number of nitrogens with two attached hydrogens (primary N) is 1. The van der Waals surface area contributed by atoms with Gasteiger partial charge in [0.25, 0.3) is 0 Å². The van der Waals surface area contributed by atoms with Crippen LogP contribution in [0.3, 0.4) is 0 Å². The van der Waals surface area contributed by atoms with E-state index in [1.165, 1.54) is 0 Å². The van der Waals surface area contributed by atoms with Crippen LogP contribution in [-0.2, 0) is 4.79 Å². The number of alkyl halides is 3. The highest BCUT2D eigenvalue weighted by molar-refractivity contribution is 5.76. The second kappa shape index (κ2) is 5.52. The average Bonchev–Trinajstić information content (AvgIpc) is 2.59. The van der Waals surface area contributed by atoms with Crippen molar-refractivity contribution in [3.8, 4) is 0 Å². The monoisotopic (exact) mass is 238 g/mol. The molecule has 3 N–H and O–H groups in total. The van der Waals surface area contributed by atoms with Gasteiger partial charge in [0.1, 0.15) is 6.42 Å². The minimum Gasteiger partial charge on any atom is -0.356 e. The van der Waals surface area contributed by atoms with E-state index in [0.717, 1.165) is 19.3 Å². The molecule has 0 aliphatic heterocycles. The number of carbonyl (C=O) groups excluding carboxylic acids is 1. The molecule has 2 unspecified atom stereocenters. The van der Waals surface area contributed by atoms with Crippen molar-refractivity contribution in [3.63, 3.8) is 0 Å². The lowest BCUT2D eigenvalue weighted by Gasteiger charge is -2.18. The Morgan fingerprint density at radius 3 is 2.50 bits per heavy atom. The molecular weight excluding hydrogens is 221 g/mol. The maximum absolute atomic E-state index is 11.9. The lowest BCUT2D eigenvalue weighted by molar-refractivity contribution is -0.153. The first-order chi connectivity index (χ1) is 7.42. The summed E-state index contributed by atoms with van der Waals surface area (Å²) in [5.41, 5.74) is 5.54. The Hall–Kier alpha value is -0.780. The van der Waals surface area contributed by atoms with E-state index in [4.69, 9.17) is 5.73 Å². The van der Waals surface area contributed by atoms with E-state index >= 15 is 0 Å². The van der Waals surface area contributed by atoms with Crippen LogP contribution in [0, 0.1) is 11.8 Å². The van der Waals surface area contributed by atoms with Crippen LogP contribution in [0.25, 0.3) is 0 Å². The molecule has 16 heavy (non-hydrogen) atoms. The number of hydrogen-bond donors (Lipinski definition) is 2. The molecule has 1 aliphatic rings. The van der Waals surface area contributed by atoms with Crippen molar-refractivity contribution in [1.82, 2.24) is 5.32 Å². The maximum atomic E-state index is 11.9. The van der Waals surface area contributed by atoms with Crippen molar-refractivity contribution in [2.75, 3.05) is 13.1 Å². The number of amides is 1. The van der Waals surface area contributed by atoms with E-state index in [9.17, 15) is 18.0 Å². The molecule has 1 saturated carbocycles. The third-order valence-corrected chi connectivity index (χ3v) is 3.04. The smallest absolute Gasteiger partial charge is 0.356 e. The van der Waals surface area contributed by atoms with Gasteiger partial charge in [0, 0.05) is 6.54 Å². The Bertz CT molecular complexity index is 243. The molecule has 1 rings (SSSR count). The number of rotatable bonds is 4. The molecule has 1 amide bonds. The van der Waals surface area contributed by atoms with E-state index < -0.39 is 18.5 Å². The van der Waals surface area contributed by atoms with Gasteiger partial charge in [0.05, 0.1) is 0 Å². The average molecular weight is 238 g/mol. The van der Waals surface area contributed by atoms with Crippen LogP contribution in [0.2, 0.25) is 0 Å². The number of hydrogen-bond acceptors (Lipinski definition) is 2. The molecule has 0 heterocycles. The van der Waals surface area contributed by atoms with E-state index in [1.54, 1.807) is 0 Å². The Kier molecular flexibility index (Phi) is 4.58. The van der Waals surface area contributed by atoms with E-state index in [2.05, 4.69) is 5.32 Å². The van der Waals surface area contributed by atoms with Crippen LogP contribution < -0.4 is 11.1 Å². The summed E-state index contributed by atoms with van der Waals surface area (Å²) in [4.78, 5) is 10.9. The van der Waals surface area contributed by atoms with Crippen molar-refractivity contribution in [1.29, 1.82) is 0 Å². The summed E-state index contributed by atoms with van der Waals surface area (Å²) in [5, 5.41) is 2.33. The van der Waals surface area contributed by atoms with Gasteiger partial charge < -0.3 is 11.1 Å². The molecule has 6 heteroatoms. The molecule has 0 aromatic carbocycles. The summed E-state index contributed by atoms with van der Waals surface area (Å²) < 4.78 is 35.6. The fourth-order valence-electron chi connectivity index (χ4n) is 2.18. The summed E-state index contributed by atoms with van der Waals surface area (Å²) >= 11 is 0. The quantitative estimate of drug-likeness (QED) is 0.778. The molecule has 94 valence electrons. The maximum Gasteiger partial charge on any atom is 0.397 e. The molecule has 0 radical (unpaired) electrons. The summed E-state index contributed by atoms with van der Waals surface area (Å²) in [6.07, 6.45) is -2.83. The largest absolute Gasteiger partial charge is 0.397 e. The zero-order valence-electron chi connectivity index (χ0n) is 9.02. The summed E-state index contributed by atoms with van der Waals surface area (Å²) in [6.45, 7) is 0.858. The van der Waals surface area contributed by atoms with Crippen LogP contribution >= 0.6 is 0 Å². The number of halogens is 3. The number of nitrogens with one attached hydrogen (secondary N) is 1. The minimum atomic E-state index is -4.42. The lowest BCUT2D eigenvalue weighted by atomic mass is 9.96. The molecule has 0 spiro atoms. The van der Waals surface area contributed by atoms with Crippen molar-refractivity contribution in [2.45, 2.75) is 31.9 Å². The summed E-state index contributed by atoms with van der Waals surface area (Å²) in [7, 11) is 0. The van der Waals surface area contributed by atoms with Crippen molar-refractivity contribution in [3.05, 3.63) is 0 Å². The molecular formula is C10H17F3N2O. The van der Waals surface area contributed by atoms with Gasteiger partial charge in [0.2, 0.25) is 5.91 Å². The van der Waals surface area contributed by atoms with Crippen LogP contribution in [0.1, 0.15) is 25.7 Å². The van der Waals surface area contributed by atoms with Crippen LogP contribution in [0.15, 0.2) is 0 Å². The van der Waals surface area contributed by atoms with Gasteiger partial charge in [-0.1, -0.05) is 6.42 Å². The summed E-state index contributed by atoms with van der Waals surface area (Å²) in [5.74, 6) is -0.372. The van der Waals surface area contributed by atoms with Crippen molar-refractivity contribution in [2.24, 2.45) is 17.6 Å². The van der Waals surface area contributed by atoms with Gasteiger partial charge in [-0.2, -0.15) is 13.2 Å². The third-order valence-electron chi connectivity index (χ3n) is 3.04. The Morgan fingerprint density at radius 2 is 1.94 bits per heavy atom. The normalized spacial score (nSPS) is 25.8. The van der Waals surface area contributed by atoms with Gasteiger partial charge in [0.15, 0.2) is 0 Å². The highest BCUT2D eigenvalue weighted by Crippen LogP contribution is 2.30. The first kappa shape index (κ1) is 13.3. The summed E-state index contributed by atoms with van der Waals surface area (Å²) in [6, 6.07) is 0. The molecule has 1 aliphatic carbocycles. The van der Waals surface area contributed by atoms with Crippen LogP contribution in [0.4, 0.5) is 13.2 Å². The van der Waals surface area contributed by atoms with E-state index in [0.29, 0.717) is 19.0 Å². The second-order valence-electron chi connectivity index (χ2n) is 4.28. The van der Waals surface area contributed by atoms with Crippen molar-refractivity contribution >= 4 is 5.91 Å². The molecule has 0 aromatic rings. The Balaban J connectivity index is 2.26. The molecule has 0 aromatic heterocycles. The van der Waals surface area contributed by atoms with Gasteiger partial charge in [-0.15, -0.1) is 0 Å². The van der Waals surface area contributed by atoms with Gasteiger partial charge >= 0.3 is 6.18 Å². The predicted molar refractivity (Wildman–Crippen MR) is 53.6 cm³/mol. The van der Waals surface area contributed by atoms with Crippen molar-refractivity contribution < 1.29 is 18.0 Å². The highest BCUT2D eigenvalue weighted by Gasteiger charge is 2.32. The van der Waals surface area contributed by atoms with Gasteiger partial charge in [-0.05, 0) is 31.2 Å². The Labute approximate surface area is 92.6 Å². The molecule has 3 nitrogen and oxygen atoms in total. The van der Waals surface area contributed by atoms with Gasteiger partial charge in [-0.25, -0.2) is 0 Å². The fraction of sp³-hybridized carbons (Fsp3) is 0.900. The van der Waals surface area contributed by atoms with Crippen LogP contribution in [-0.4, -0.2) is 25.2 Å². The fourth-order valence-corrected chi connectivity index (χ4v) is 2.18. The zero-order chi connectivity index (χ0) is 12.2. The topological polar surface area (TPSA) is 55.1 Å². The first-order valence-electron chi connectivity index (χ1n) is 5.46. The molecule has 0 saturated heterocycles. The Morgan fingerprint density at radius 1 is 1.31 bits per heavy atom. The zero-order valence-corrected chi connectivity index (χ0v) is 9.02. The number of carbonyl (C=O) groups is 1. The minimum absolute atomic E-state index is 0.238. The standard InChI is InChI=1S/C10H17F3N2O/c11-10(12,13)4-9(16)15-6-8-3-1-2-7(8)5-14/h7-8H,1-6,14H2,(H,15,16). The van der Waals surface area contributed by atoms with Crippen LogP contribution in [0.5, 0.6) is 0 Å². The SMILES string of the molecule is NCC1CCCC1CNC(=O)CC(F)(F)F. The third kappa shape index (κ3) is 4.38. The van der Waals surface area contributed by atoms with Gasteiger partial charge in [-0.3, -0.25) is 4.79 Å². The highest BCUT2D eigenvalue weighted by atomic mass is 19.4. The molecule has 2 atom stereocenters. The predicted octanol–water partition coefficient (Wildman–Crippen LogP) is 1.43.